The molecule has 2 rings (SSSR count). The van der Waals surface area contributed by atoms with Crippen LogP contribution in [0.3, 0.4) is 0 Å². The van der Waals surface area contributed by atoms with Gasteiger partial charge in [0.15, 0.2) is 0 Å². The number of hydrogen-bond donors (Lipinski definition) is 1. The average Bonchev–Trinajstić information content (AvgIpc) is 2.55. The number of nitrogens with one attached hydrogen (secondary N) is 1. The molecule has 0 bridgehead atoms. The summed E-state index contributed by atoms with van der Waals surface area (Å²) in [6.45, 7) is 4.10. The quantitative estimate of drug-likeness (QED) is 0.776. The van der Waals surface area contributed by atoms with Crippen molar-refractivity contribution in [2.75, 3.05) is 32.7 Å². The molecule has 1 aliphatic heterocycles. The lowest BCUT2D eigenvalue weighted by molar-refractivity contribution is -0.135. The standard InChI is InChI=1S/C16H21N3O3/c1-13-4-2-3-5-14(13)10-15(21)17-11-16(22)19-8-6-18(12-20)7-9-19/h2-5,12H,6-11H2,1H3,(H,17,21). The van der Waals surface area contributed by atoms with Gasteiger partial charge in [0.1, 0.15) is 0 Å². The van der Waals surface area contributed by atoms with E-state index in [0.29, 0.717) is 26.2 Å². The van der Waals surface area contributed by atoms with E-state index in [-0.39, 0.29) is 24.8 Å². The molecule has 0 aliphatic carbocycles. The lowest BCUT2D eigenvalue weighted by Crippen LogP contribution is -2.50. The molecule has 118 valence electrons. The molecule has 3 amide bonds. The highest BCUT2D eigenvalue weighted by atomic mass is 16.2. The van der Waals surface area contributed by atoms with Crippen LogP contribution in [0.1, 0.15) is 11.1 Å². The monoisotopic (exact) mass is 303 g/mol. The molecule has 1 aliphatic rings. The van der Waals surface area contributed by atoms with Crippen molar-refractivity contribution in [1.82, 2.24) is 15.1 Å². The Morgan fingerprint density at radius 3 is 2.50 bits per heavy atom. The third kappa shape index (κ3) is 4.31. The number of aryl methyl sites for hydroxylation is 1. The Morgan fingerprint density at radius 1 is 1.18 bits per heavy atom. The molecule has 6 heteroatoms. The van der Waals surface area contributed by atoms with Crippen molar-refractivity contribution in [3.05, 3.63) is 35.4 Å². The van der Waals surface area contributed by atoms with Crippen LogP contribution >= 0.6 is 0 Å². The van der Waals surface area contributed by atoms with E-state index in [0.717, 1.165) is 17.5 Å². The van der Waals surface area contributed by atoms with Crippen LogP contribution in [0.2, 0.25) is 0 Å². The summed E-state index contributed by atoms with van der Waals surface area (Å²) < 4.78 is 0. The molecule has 0 aromatic heterocycles. The predicted molar refractivity (Wildman–Crippen MR) is 82.1 cm³/mol. The Bertz CT molecular complexity index is 551. The molecule has 0 saturated carbocycles. The first-order valence-electron chi connectivity index (χ1n) is 7.38. The third-order valence-corrected chi connectivity index (χ3v) is 3.87. The van der Waals surface area contributed by atoms with Crippen molar-refractivity contribution in [2.24, 2.45) is 0 Å². The summed E-state index contributed by atoms with van der Waals surface area (Å²) in [4.78, 5) is 37.9. The largest absolute Gasteiger partial charge is 0.347 e. The van der Waals surface area contributed by atoms with E-state index in [1.54, 1.807) is 9.80 Å². The van der Waals surface area contributed by atoms with Gasteiger partial charge in [-0.2, -0.15) is 0 Å². The number of carbonyl (C=O) groups is 3. The van der Waals surface area contributed by atoms with E-state index in [1.165, 1.54) is 0 Å². The maximum absolute atomic E-state index is 12.0. The van der Waals surface area contributed by atoms with Gasteiger partial charge >= 0.3 is 0 Å². The summed E-state index contributed by atoms with van der Waals surface area (Å²) in [5.74, 6) is -0.266. The van der Waals surface area contributed by atoms with Gasteiger partial charge in [0, 0.05) is 26.2 Å². The second-order valence-electron chi connectivity index (χ2n) is 5.40. The zero-order chi connectivity index (χ0) is 15.9. The summed E-state index contributed by atoms with van der Waals surface area (Å²) in [5, 5.41) is 2.67. The van der Waals surface area contributed by atoms with Gasteiger partial charge in [0.25, 0.3) is 0 Å². The zero-order valence-corrected chi connectivity index (χ0v) is 12.7. The summed E-state index contributed by atoms with van der Waals surface area (Å²) in [6.07, 6.45) is 1.07. The van der Waals surface area contributed by atoms with Crippen LogP contribution in [-0.2, 0) is 20.8 Å². The maximum atomic E-state index is 12.0. The van der Waals surface area contributed by atoms with Gasteiger partial charge in [-0.15, -0.1) is 0 Å². The molecular weight excluding hydrogens is 282 g/mol. The summed E-state index contributed by atoms with van der Waals surface area (Å²) in [6, 6.07) is 7.70. The van der Waals surface area contributed by atoms with Gasteiger partial charge < -0.3 is 15.1 Å². The molecule has 1 N–H and O–H groups in total. The van der Waals surface area contributed by atoms with Crippen LogP contribution in [0.5, 0.6) is 0 Å². The zero-order valence-electron chi connectivity index (χ0n) is 12.7. The Labute approximate surface area is 130 Å². The average molecular weight is 303 g/mol. The predicted octanol–water partition coefficient (Wildman–Crippen LogP) is -0.0457. The molecule has 0 atom stereocenters. The van der Waals surface area contributed by atoms with Crippen molar-refractivity contribution in [2.45, 2.75) is 13.3 Å². The van der Waals surface area contributed by atoms with E-state index in [2.05, 4.69) is 5.32 Å². The topological polar surface area (TPSA) is 69.7 Å². The second kappa shape index (κ2) is 7.59. The van der Waals surface area contributed by atoms with Crippen molar-refractivity contribution in [1.29, 1.82) is 0 Å². The lowest BCUT2D eigenvalue weighted by atomic mass is 10.1. The fourth-order valence-corrected chi connectivity index (χ4v) is 2.41. The molecule has 1 aromatic rings. The third-order valence-electron chi connectivity index (χ3n) is 3.87. The molecule has 0 unspecified atom stereocenters. The van der Waals surface area contributed by atoms with E-state index in [4.69, 9.17) is 0 Å². The van der Waals surface area contributed by atoms with E-state index in [1.807, 2.05) is 31.2 Å². The van der Waals surface area contributed by atoms with Crippen LogP contribution in [-0.4, -0.2) is 60.7 Å². The number of carbonyl (C=O) groups excluding carboxylic acids is 3. The number of hydrogen-bond acceptors (Lipinski definition) is 3. The fourth-order valence-electron chi connectivity index (χ4n) is 2.41. The first-order valence-corrected chi connectivity index (χ1v) is 7.38. The van der Waals surface area contributed by atoms with Gasteiger partial charge in [-0.05, 0) is 18.1 Å². The number of piperazine rings is 1. The minimum atomic E-state index is -0.158. The highest BCUT2D eigenvalue weighted by molar-refractivity contribution is 5.86. The lowest BCUT2D eigenvalue weighted by Gasteiger charge is -2.32. The van der Waals surface area contributed by atoms with Gasteiger partial charge in [0.2, 0.25) is 18.2 Å². The Kier molecular flexibility index (Phi) is 5.52. The molecule has 1 fully saturated rings. The van der Waals surface area contributed by atoms with Crippen LogP contribution < -0.4 is 5.32 Å². The van der Waals surface area contributed by atoms with Crippen LogP contribution in [0, 0.1) is 6.92 Å². The maximum Gasteiger partial charge on any atom is 0.242 e. The minimum absolute atomic E-state index is 0.00576. The molecule has 22 heavy (non-hydrogen) atoms. The first-order chi connectivity index (χ1) is 10.6. The Balaban J connectivity index is 1.75. The summed E-state index contributed by atoms with van der Waals surface area (Å²) in [7, 11) is 0. The molecular formula is C16H21N3O3. The highest BCUT2D eigenvalue weighted by Crippen LogP contribution is 2.07. The number of rotatable bonds is 5. The van der Waals surface area contributed by atoms with Crippen molar-refractivity contribution >= 4 is 18.2 Å². The molecule has 0 spiro atoms. The van der Waals surface area contributed by atoms with E-state index >= 15 is 0 Å². The SMILES string of the molecule is Cc1ccccc1CC(=O)NCC(=O)N1CCN(C=O)CC1. The van der Waals surface area contributed by atoms with Gasteiger partial charge in [-0.1, -0.05) is 24.3 Å². The first kappa shape index (κ1) is 16.0. The van der Waals surface area contributed by atoms with E-state index < -0.39 is 0 Å². The van der Waals surface area contributed by atoms with Gasteiger partial charge in [-0.25, -0.2) is 0 Å². The summed E-state index contributed by atoms with van der Waals surface area (Å²) >= 11 is 0. The van der Waals surface area contributed by atoms with Crippen LogP contribution in [0.15, 0.2) is 24.3 Å². The van der Waals surface area contributed by atoms with Crippen molar-refractivity contribution in [3.63, 3.8) is 0 Å². The number of nitrogens with zero attached hydrogens (tertiary/aromatic N) is 2. The van der Waals surface area contributed by atoms with Crippen molar-refractivity contribution < 1.29 is 14.4 Å². The molecule has 1 saturated heterocycles. The number of amides is 3. The highest BCUT2D eigenvalue weighted by Gasteiger charge is 2.20. The second-order valence-corrected chi connectivity index (χ2v) is 5.40. The van der Waals surface area contributed by atoms with Gasteiger partial charge in [0.05, 0.1) is 13.0 Å². The van der Waals surface area contributed by atoms with Crippen LogP contribution in [0.25, 0.3) is 0 Å². The molecule has 1 heterocycles. The number of benzene rings is 1. The summed E-state index contributed by atoms with van der Waals surface area (Å²) in [5.41, 5.74) is 2.03. The van der Waals surface area contributed by atoms with Crippen molar-refractivity contribution in [3.8, 4) is 0 Å². The molecule has 0 radical (unpaired) electrons. The normalized spacial score (nSPS) is 14.6. The Morgan fingerprint density at radius 2 is 1.86 bits per heavy atom. The molecule has 1 aromatic carbocycles. The minimum Gasteiger partial charge on any atom is -0.347 e. The van der Waals surface area contributed by atoms with E-state index in [9.17, 15) is 14.4 Å². The Hall–Kier alpha value is -2.37. The molecule has 6 nitrogen and oxygen atoms in total. The fraction of sp³-hybridized carbons (Fsp3) is 0.438. The smallest absolute Gasteiger partial charge is 0.242 e. The van der Waals surface area contributed by atoms with Gasteiger partial charge in [-0.3, -0.25) is 14.4 Å². The van der Waals surface area contributed by atoms with Crippen LogP contribution in [0.4, 0.5) is 0 Å².